The molecule has 4 nitrogen and oxygen atoms in total. The second-order valence-electron chi connectivity index (χ2n) is 1.44. The topological polar surface area (TPSA) is 58.2 Å². The smallest absolute Gasteiger partial charge is 0.322 e. The van der Waals surface area contributed by atoms with Crippen molar-refractivity contribution in [2.75, 3.05) is 0 Å². The van der Waals surface area contributed by atoms with Gasteiger partial charge in [0.15, 0.2) is 0 Å². The molecule has 0 radical (unpaired) electrons. The van der Waals surface area contributed by atoms with Crippen LogP contribution in [0.1, 0.15) is 0 Å². The molecule has 1 saturated heterocycles. The van der Waals surface area contributed by atoms with Crippen molar-refractivity contribution >= 4 is 21.2 Å². The van der Waals surface area contributed by atoms with Gasteiger partial charge in [0.25, 0.3) is 5.91 Å². The van der Waals surface area contributed by atoms with E-state index in [4.69, 9.17) is 0 Å². The largest absolute Gasteiger partial charge is 0.323 e. The van der Waals surface area contributed by atoms with Crippen LogP contribution in [0.15, 0.2) is 0 Å². The highest BCUT2D eigenvalue weighted by Gasteiger charge is 2.24. The maximum absolute atomic E-state index is 10.4. The second kappa shape index (κ2) is 1.71. The van der Waals surface area contributed by atoms with E-state index >= 15 is 0 Å². The number of urea groups is 1. The molecule has 0 aromatic rings. The number of nitrogens with one attached hydrogen (secondary N) is 2. The van der Waals surface area contributed by atoms with E-state index in [1.807, 2.05) is 0 Å². The van der Waals surface area contributed by atoms with E-state index in [1.54, 1.807) is 0 Å². The van der Waals surface area contributed by atoms with Gasteiger partial charge in [-0.1, -0.05) is 0 Å². The second-order valence-corrected chi connectivity index (χ2v) is 2.11. The Morgan fingerprint density at radius 3 is 2.25 bits per heavy atom. The Balaban J connectivity index is 2.64. The molecule has 8 heavy (non-hydrogen) atoms. The maximum Gasteiger partial charge on any atom is 0.322 e. The monoisotopic (exact) mass is 132 g/mol. The number of rotatable bonds is 0. The number of hydrogen-bond donors (Lipinski definition) is 2. The Labute approximate surface area is 48.2 Å². The van der Waals surface area contributed by atoms with Gasteiger partial charge in [0.2, 0.25) is 0 Å². The van der Waals surface area contributed by atoms with Crippen molar-refractivity contribution in [3.05, 3.63) is 0 Å². The van der Waals surface area contributed by atoms with Crippen molar-refractivity contribution in [3.63, 3.8) is 0 Å². The Kier molecular flexibility index (Phi) is 1.18. The van der Waals surface area contributed by atoms with Crippen LogP contribution in [-0.2, 0) is 4.79 Å². The molecular formula is C3H5N2O2P. The van der Waals surface area contributed by atoms with Crippen molar-refractivity contribution < 1.29 is 9.59 Å². The summed E-state index contributed by atoms with van der Waals surface area (Å²) in [6, 6.07) is -0.421. The lowest BCUT2D eigenvalue weighted by Crippen LogP contribution is -2.22. The van der Waals surface area contributed by atoms with E-state index < -0.39 is 11.8 Å². The van der Waals surface area contributed by atoms with Crippen molar-refractivity contribution in [1.82, 2.24) is 10.6 Å². The molecule has 0 bridgehead atoms. The zero-order chi connectivity index (χ0) is 6.15. The molecule has 2 N–H and O–H groups in total. The van der Waals surface area contributed by atoms with Crippen molar-refractivity contribution in [3.8, 4) is 0 Å². The van der Waals surface area contributed by atoms with Crippen molar-refractivity contribution in [2.45, 2.75) is 5.78 Å². The van der Waals surface area contributed by atoms with Gasteiger partial charge < -0.3 is 5.32 Å². The minimum atomic E-state index is -0.442. The highest BCUT2D eigenvalue weighted by Crippen LogP contribution is 1.99. The summed E-state index contributed by atoms with van der Waals surface area (Å²) in [5.41, 5.74) is 0. The van der Waals surface area contributed by atoms with Crippen LogP contribution < -0.4 is 10.6 Å². The standard InChI is InChI=1S/C3H5N2O2P/c6-1-2(8)5-3(7)4-1/h2H,8H2,(H2,4,5,6,7). The zero-order valence-corrected chi connectivity index (χ0v) is 5.13. The van der Waals surface area contributed by atoms with Crippen LogP contribution in [-0.4, -0.2) is 17.7 Å². The van der Waals surface area contributed by atoms with E-state index in [1.165, 1.54) is 0 Å². The van der Waals surface area contributed by atoms with Gasteiger partial charge in [-0.3, -0.25) is 10.1 Å². The Morgan fingerprint density at radius 2 is 2.12 bits per heavy atom. The lowest BCUT2D eigenvalue weighted by atomic mass is 10.6. The average Bonchev–Trinajstić information content (AvgIpc) is 1.85. The molecule has 0 saturated carbocycles. The minimum absolute atomic E-state index is 0.292. The van der Waals surface area contributed by atoms with Crippen molar-refractivity contribution in [1.29, 1.82) is 0 Å². The molecule has 1 rings (SSSR count). The first kappa shape index (κ1) is 5.51. The summed E-state index contributed by atoms with van der Waals surface area (Å²) in [6.07, 6.45) is 0. The van der Waals surface area contributed by atoms with Crippen LogP contribution in [0.25, 0.3) is 0 Å². The summed E-state index contributed by atoms with van der Waals surface area (Å²) in [7, 11) is 2.19. The molecule has 1 fully saturated rings. The fourth-order valence-corrected chi connectivity index (χ4v) is 0.667. The third-order valence-corrected chi connectivity index (χ3v) is 1.28. The predicted octanol–water partition coefficient (Wildman–Crippen LogP) is -0.973. The highest BCUT2D eigenvalue weighted by atomic mass is 31.0. The summed E-state index contributed by atoms with van der Waals surface area (Å²) in [6.45, 7) is 0. The van der Waals surface area contributed by atoms with E-state index in [9.17, 15) is 9.59 Å². The maximum atomic E-state index is 10.4. The summed E-state index contributed by atoms with van der Waals surface area (Å²) >= 11 is 0. The zero-order valence-electron chi connectivity index (χ0n) is 3.97. The van der Waals surface area contributed by atoms with Crippen LogP contribution >= 0.6 is 9.24 Å². The van der Waals surface area contributed by atoms with E-state index in [0.717, 1.165) is 0 Å². The molecule has 1 aliphatic heterocycles. The molecule has 0 aliphatic carbocycles. The molecule has 0 aromatic carbocycles. The number of carbonyl (C=O) groups is 2. The lowest BCUT2D eigenvalue weighted by molar-refractivity contribution is -0.118. The first-order chi connectivity index (χ1) is 3.70. The van der Waals surface area contributed by atoms with Crippen LogP contribution in [0.4, 0.5) is 4.79 Å². The third kappa shape index (κ3) is 0.793. The predicted molar refractivity (Wildman–Crippen MR) is 30.2 cm³/mol. The van der Waals surface area contributed by atoms with Gasteiger partial charge in [-0.2, -0.15) is 0 Å². The Hall–Kier alpha value is -0.630. The van der Waals surface area contributed by atoms with Gasteiger partial charge >= 0.3 is 6.03 Å². The fraction of sp³-hybridized carbons (Fsp3) is 0.333. The van der Waals surface area contributed by atoms with Gasteiger partial charge in [-0.25, -0.2) is 4.79 Å². The fourth-order valence-electron chi connectivity index (χ4n) is 0.433. The van der Waals surface area contributed by atoms with E-state index in [-0.39, 0.29) is 5.91 Å². The molecular weight excluding hydrogens is 127 g/mol. The molecule has 1 aliphatic rings. The molecule has 3 amide bonds. The molecule has 44 valence electrons. The summed E-state index contributed by atoms with van der Waals surface area (Å²) in [5.74, 6) is -0.734. The van der Waals surface area contributed by atoms with Gasteiger partial charge in [0.05, 0.1) is 0 Å². The number of hydrogen-bond acceptors (Lipinski definition) is 2. The van der Waals surface area contributed by atoms with Gasteiger partial charge in [0, 0.05) is 0 Å². The van der Waals surface area contributed by atoms with Crippen molar-refractivity contribution in [2.24, 2.45) is 0 Å². The quantitative estimate of drug-likeness (QED) is 0.329. The Bertz CT molecular complexity index is 146. The first-order valence-corrected chi connectivity index (χ1v) is 2.74. The first-order valence-electron chi connectivity index (χ1n) is 2.07. The van der Waals surface area contributed by atoms with Crippen LogP contribution in [0.3, 0.4) is 0 Å². The summed E-state index contributed by atoms with van der Waals surface area (Å²) in [4.78, 5) is 20.6. The molecule has 1 heterocycles. The minimum Gasteiger partial charge on any atom is -0.323 e. The van der Waals surface area contributed by atoms with Crippen LogP contribution in [0, 0.1) is 0 Å². The van der Waals surface area contributed by atoms with Gasteiger partial charge in [0.1, 0.15) is 5.78 Å². The number of carbonyl (C=O) groups excluding carboxylic acids is 2. The summed E-state index contributed by atoms with van der Waals surface area (Å²) in [5, 5.41) is 4.39. The van der Waals surface area contributed by atoms with Crippen LogP contribution in [0.5, 0.6) is 0 Å². The van der Waals surface area contributed by atoms with Gasteiger partial charge in [-0.05, 0) is 0 Å². The molecule has 0 spiro atoms. The SMILES string of the molecule is O=C1NC(=O)C(P)N1. The highest BCUT2D eigenvalue weighted by molar-refractivity contribution is 7.19. The van der Waals surface area contributed by atoms with E-state index in [0.29, 0.717) is 0 Å². The number of amides is 3. The molecule has 2 unspecified atom stereocenters. The van der Waals surface area contributed by atoms with Gasteiger partial charge in [-0.15, -0.1) is 9.24 Å². The van der Waals surface area contributed by atoms with Crippen LogP contribution in [0.2, 0.25) is 0 Å². The normalized spacial score (nSPS) is 27.4. The molecule has 5 heteroatoms. The molecule has 2 atom stereocenters. The average molecular weight is 132 g/mol. The summed E-state index contributed by atoms with van der Waals surface area (Å²) < 4.78 is 0. The third-order valence-electron chi connectivity index (χ3n) is 0.806. The Morgan fingerprint density at radius 1 is 1.50 bits per heavy atom. The molecule has 0 aromatic heterocycles. The number of imide groups is 1. The van der Waals surface area contributed by atoms with E-state index in [2.05, 4.69) is 19.9 Å². The lowest BCUT2D eigenvalue weighted by Gasteiger charge is -1.91.